The molecule has 1 aromatic heterocycles. The number of aryl methyl sites for hydroxylation is 1. The molecule has 8 heteroatoms. The molecule has 0 aliphatic carbocycles. The fourth-order valence-corrected chi connectivity index (χ4v) is 1.49. The first-order chi connectivity index (χ1) is 9.32. The zero-order valence-electron chi connectivity index (χ0n) is 9.87. The molecule has 1 aromatic carbocycles. The highest BCUT2D eigenvalue weighted by atomic mass is 19.2. The van der Waals surface area contributed by atoms with Gasteiger partial charge in [0.2, 0.25) is 11.6 Å². The molecule has 2 nitrogen and oxygen atoms in total. The number of pyridine rings is 1. The van der Waals surface area contributed by atoms with E-state index in [1.165, 1.54) is 6.92 Å². The van der Waals surface area contributed by atoms with Gasteiger partial charge in [-0.25, -0.2) is 8.78 Å². The van der Waals surface area contributed by atoms with Crippen LogP contribution in [0.2, 0.25) is 0 Å². The highest BCUT2D eigenvalue weighted by Gasteiger charge is 2.23. The molecule has 0 saturated carbocycles. The van der Waals surface area contributed by atoms with Gasteiger partial charge in [0.15, 0.2) is 5.82 Å². The third-order valence-electron chi connectivity index (χ3n) is 2.53. The molecule has 0 saturated heterocycles. The maximum atomic E-state index is 13.7. The van der Waals surface area contributed by atoms with Crippen molar-refractivity contribution < 1.29 is 26.3 Å². The van der Waals surface area contributed by atoms with Crippen LogP contribution in [0.5, 0.6) is 0 Å². The van der Waals surface area contributed by atoms with E-state index in [2.05, 4.69) is 4.98 Å². The topological polar surface area (TPSA) is 24.9 Å². The number of halogens is 6. The summed E-state index contributed by atoms with van der Waals surface area (Å²) in [6.45, 7) is 1.28. The average molecular weight is 292 g/mol. The zero-order valence-corrected chi connectivity index (χ0v) is 9.87. The lowest BCUT2D eigenvalue weighted by atomic mass is 10.2. The average Bonchev–Trinajstić information content (AvgIpc) is 2.40. The first-order valence-electron chi connectivity index (χ1n) is 5.24. The van der Waals surface area contributed by atoms with Gasteiger partial charge in [-0.15, -0.1) is 0 Å². The molecule has 2 aromatic rings. The summed E-state index contributed by atoms with van der Waals surface area (Å²) in [5.41, 5.74) is -2.31. The lowest BCUT2D eigenvalue weighted by molar-refractivity contribution is 0.411. The van der Waals surface area contributed by atoms with Crippen molar-refractivity contribution in [3.8, 4) is 0 Å². The second-order valence-corrected chi connectivity index (χ2v) is 3.87. The summed E-state index contributed by atoms with van der Waals surface area (Å²) in [5, 5.41) is 1.68. The van der Waals surface area contributed by atoms with Crippen LogP contribution in [0.15, 0.2) is 12.1 Å². The first-order valence-corrected chi connectivity index (χ1v) is 5.24. The number of anilines is 2. The number of nitrogens with zero attached hydrogens (tertiary/aromatic N) is 1. The monoisotopic (exact) mass is 292 g/mol. The van der Waals surface area contributed by atoms with Gasteiger partial charge in [-0.3, -0.25) is 0 Å². The first kappa shape index (κ1) is 14.2. The SMILES string of the molecule is Cc1ccc(F)c(Nc2c(F)c(F)nc(F)c2F)c1F. The van der Waals surface area contributed by atoms with E-state index in [9.17, 15) is 26.3 Å². The molecular formula is C12H6F6N2. The molecule has 1 heterocycles. The molecule has 0 unspecified atom stereocenters. The molecule has 0 spiro atoms. The minimum atomic E-state index is -1.93. The zero-order chi connectivity index (χ0) is 15.0. The van der Waals surface area contributed by atoms with Gasteiger partial charge in [-0.05, 0) is 18.6 Å². The van der Waals surface area contributed by atoms with E-state index in [0.29, 0.717) is 0 Å². The van der Waals surface area contributed by atoms with Crippen molar-refractivity contribution in [1.29, 1.82) is 0 Å². The molecule has 2 rings (SSSR count). The van der Waals surface area contributed by atoms with Crippen molar-refractivity contribution in [1.82, 2.24) is 4.98 Å². The van der Waals surface area contributed by atoms with Gasteiger partial charge in [-0.1, -0.05) is 6.07 Å². The Morgan fingerprint density at radius 2 is 1.35 bits per heavy atom. The van der Waals surface area contributed by atoms with Crippen LogP contribution in [0.1, 0.15) is 5.56 Å². The third kappa shape index (κ3) is 2.28. The quantitative estimate of drug-likeness (QED) is 0.669. The van der Waals surface area contributed by atoms with Crippen LogP contribution in [0.3, 0.4) is 0 Å². The van der Waals surface area contributed by atoms with Crippen molar-refractivity contribution in [3.05, 3.63) is 52.9 Å². The fraction of sp³-hybridized carbons (Fsp3) is 0.0833. The number of hydrogen-bond donors (Lipinski definition) is 1. The fourth-order valence-electron chi connectivity index (χ4n) is 1.49. The summed E-state index contributed by atoms with van der Waals surface area (Å²) in [7, 11) is 0. The molecular weight excluding hydrogens is 286 g/mol. The molecule has 0 amide bonds. The molecule has 0 atom stereocenters. The number of benzene rings is 1. The molecule has 0 aliphatic heterocycles. The Labute approximate surface area is 109 Å². The molecule has 0 fully saturated rings. The van der Waals surface area contributed by atoms with Crippen molar-refractivity contribution >= 4 is 11.4 Å². The summed E-state index contributed by atoms with van der Waals surface area (Å²) in [6, 6.07) is 1.93. The van der Waals surface area contributed by atoms with E-state index < -0.39 is 46.5 Å². The van der Waals surface area contributed by atoms with Crippen LogP contribution in [0.25, 0.3) is 0 Å². The summed E-state index contributed by atoms with van der Waals surface area (Å²) >= 11 is 0. The molecule has 0 radical (unpaired) electrons. The van der Waals surface area contributed by atoms with Gasteiger partial charge in [0, 0.05) is 0 Å². The molecule has 20 heavy (non-hydrogen) atoms. The Morgan fingerprint density at radius 3 is 1.90 bits per heavy atom. The Hall–Kier alpha value is -2.25. The Kier molecular flexibility index (Phi) is 3.56. The van der Waals surface area contributed by atoms with E-state index in [-0.39, 0.29) is 5.56 Å². The van der Waals surface area contributed by atoms with Crippen LogP contribution in [-0.2, 0) is 0 Å². The molecule has 0 bridgehead atoms. The van der Waals surface area contributed by atoms with E-state index in [1.807, 2.05) is 0 Å². The van der Waals surface area contributed by atoms with Crippen LogP contribution in [0.4, 0.5) is 37.7 Å². The van der Waals surface area contributed by atoms with Crippen molar-refractivity contribution in [2.45, 2.75) is 6.92 Å². The second-order valence-electron chi connectivity index (χ2n) is 3.87. The maximum absolute atomic E-state index is 13.7. The predicted molar refractivity (Wildman–Crippen MR) is 58.4 cm³/mol. The largest absolute Gasteiger partial charge is 0.346 e. The van der Waals surface area contributed by atoms with Gasteiger partial charge < -0.3 is 5.32 Å². The minimum Gasteiger partial charge on any atom is -0.346 e. The van der Waals surface area contributed by atoms with Gasteiger partial charge >= 0.3 is 0 Å². The normalized spacial score (nSPS) is 10.8. The number of aromatic nitrogens is 1. The smallest absolute Gasteiger partial charge is 0.253 e. The maximum Gasteiger partial charge on any atom is 0.253 e. The van der Waals surface area contributed by atoms with Crippen molar-refractivity contribution in [2.24, 2.45) is 0 Å². The summed E-state index contributed by atoms with van der Waals surface area (Å²) in [4.78, 5) is 2.33. The highest BCUT2D eigenvalue weighted by molar-refractivity contribution is 5.62. The van der Waals surface area contributed by atoms with Gasteiger partial charge in [-0.2, -0.15) is 22.5 Å². The number of hydrogen-bond acceptors (Lipinski definition) is 2. The van der Waals surface area contributed by atoms with Gasteiger partial charge in [0.1, 0.15) is 17.2 Å². The predicted octanol–water partition coefficient (Wildman–Crippen LogP) is 3.97. The highest BCUT2D eigenvalue weighted by Crippen LogP contribution is 2.29. The lowest BCUT2D eigenvalue weighted by Crippen LogP contribution is -2.08. The van der Waals surface area contributed by atoms with E-state index in [0.717, 1.165) is 12.1 Å². The summed E-state index contributed by atoms with van der Waals surface area (Å²) < 4.78 is 79.5. The van der Waals surface area contributed by atoms with Gasteiger partial charge in [0.05, 0.1) is 0 Å². The second kappa shape index (κ2) is 5.03. The summed E-state index contributed by atoms with van der Waals surface area (Å²) in [5.74, 6) is -9.95. The van der Waals surface area contributed by atoms with Crippen molar-refractivity contribution in [2.75, 3.05) is 5.32 Å². The standard InChI is InChI=1S/C12H6F6N2/c1-4-2-3-5(13)9(6(4)14)19-10-7(15)11(17)20-12(18)8(10)16/h2-3H,1H3,(H,19,20). The summed E-state index contributed by atoms with van der Waals surface area (Å²) in [6.07, 6.45) is 0. The Morgan fingerprint density at radius 1 is 0.800 bits per heavy atom. The van der Waals surface area contributed by atoms with Crippen LogP contribution in [-0.4, -0.2) is 4.98 Å². The Balaban J connectivity index is 2.59. The van der Waals surface area contributed by atoms with Crippen LogP contribution in [0, 0.1) is 42.1 Å². The van der Waals surface area contributed by atoms with Crippen molar-refractivity contribution in [3.63, 3.8) is 0 Å². The van der Waals surface area contributed by atoms with E-state index in [4.69, 9.17) is 0 Å². The molecule has 106 valence electrons. The molecule has 1 N–H and O–H groups in total. The van der Waals surface area contributed by atoms with Crippen LogP contribution >= 0.6 is 0 Å². The molecule has 0 aliphatic rings. The Bertz CT molecular complexity index is 660. The third-order valence-corrected chi connectivity index (χ3v) is 2.53. The van der Waals surface area contributed by atoms with E-state index >= 15 is 0 Å². The lowest BCUT2D eigenvalue weighted by Gasteiger charge is -2.12. The minimum absolute atomic E-state index is 0.0234. The number of rotatable bonds is 2. The van der Waals surface area contributed by atoms with Gasteiger partial charge in [0.25, 0.3) is 11.9 Å². The van der Waals surface area contributed by atoms with Crippen LogP contribution < -0.4 is 5.32 Å². The van der Waals surface area contributed by atoms with E-state index in [1.54, 1.807) is 5.32 Å². The number of nitrogens with one attached hydrogen (secondary N) is 1.